The van der Waals surface area contributed by atoms with Crippen molar-refractivity contribution < 1.29 is 9.32 Å². The molecular weight excluding hydrogens is 422 g/mol. The zero-order valence-corrected chi connectivity index (χ0v) is 19.0. The molecule has 1 aromatic heterocycles. The number of rotatable bonds is 5. The zero-order valence-electron chi connectivity index (χ0n) is 18.2. The monoisotopic (exact) mass is 451 g/mol. The highest BCUT2D eigenvalue weighted by Gasteiger charge is 2.38. The SMILES string of the molecule is C#Cc1ccc(N2CCN(c3nc4c(c(NC5(CO)CCC5)n3)[S@@](=O)CCC4)CC2)cc1. The summed E-state index contributed by atoms with van der Waals surface area (Å²) in [7, 11) is -1.10. The van der Waals surface area contributed by atoms with E-state index < -0.39 is 10.8 Å². The van der Waals surface area contributed by atoms with Crippen LogP contribution in [0.3, 0.4) is 0 Å². The molecule has 32 heavy (non-hydrogen) atoms. The molecule has 2 aliphatic heterocycles. The number of aryl methyl sites for hydroxylation is 1. The van der Waals surface area contributed by atoms with Crippen molar-refractivity contribution in [3.05, 3.63) is 35.5 Å². The molecule has 5 rings (SSSR count). The van der Waals surface area contributed by atoms with Gasteiger partial charge >= 0.3 is 0 Å². The number of aliphatic hydroxyl groups is 1. The van der Waals surface area contributed by atoms with Crippen LogP contribution in [0, 0.1) is 12.3 Å². The van der Waals surface area contributed by atoms with Crippen molar-refractivity contribution in [1.82, 2.24) is 9.97 Å². The van der Waals surface area contributed by atoms with E-state index in [9.17, 15) is 9.32 Å². The van der Waals surface area contributed by atoms with Crippen molar-refractivity contribution >= 4 is 28.3 Å². The van der Waals surface area contributed by atoms with Gasteiger partial charge < -0.3 is 20.2 Å². The van der Waals surface area contributed by atoms with Crippen molar-refractivity contribution in [3.63, 3.8) is 0 Å². The van der Waals surface area contributed by atoms with Crippen LogP contribution in [0.25, 0.3) is 0 Å². The fraction of sp³-hybridized carbons (Fsp3) is 0.500. The first kappa shape index (κ1) is 21.2. The highest BCUT2D eigenvalue weighted by Crippen LogP contribution is 2.38. The second-order valence-corrected chi connectivity index (χ2v) is 10.4. The number of nitrogens with zero attached hydrogens (tertiary/aromatic N) is 4. The van der Waals surface area contributed by atoms with E-state index in [0.717, 1.165) is 74.4 Å². The number of benzene rings is 1. The third-order valence-electron chi connectivity index (χ3n) is 6.85. The molecule has 1 atom stereocenters. The van der Waals surface area contributed by atoms with Gasteiger partial charge in [-0.1, -0.05) is 5.92 Å². The summed E-state index contributed by atoms with van der Waals surface area (Å²) < 4.78 is 12.8. The Kier molecular flexibility index (Phi) is 5.78. The summed E-state index contributed by atoms with van der Waals surface area (Å²) in [5.41, 5.74) is 2.61. The second-order valence-electron chi connectivity index (χ2n) is 8.88. The number of fused-ring (bicyclic) bond motifs is 1. The van der Waals surface area contributed by atoms with Crippen LogP contribution >= 0.6 is 0 Å². The lowest BCUT2D eigenvalue weighted by Crippen LogP contribution is -2.49. The van der Waals surface area contributed by atoms with Gasteiger partial charge in [-0.3, -0.25) is 4.21 Å². The van der Waals surface area contributed by atoms with E-state index in [1.54, 1.807) is 0 Å². The summed E-state index contributed by atoms with van der Waals surface area (Å²) in [5.74, 6) is 4.66. The lowest BCUT2D eigenvalue weighted by atomic mass is 9.77. The predicted octanol–water partition coefficient (Wildman–Crippen LogP) is 2.17. The van der Waals surface area contributed by atoms with Crippen LogP contribution in [0.2, 0.25) is 0 Å². The van der Waals surface area contributed by atoms with Gasteiger partial charge in [0.25, 0.3) is 0 Å². The number of hydrogen-bond acceptors (Lipinski definition) is 7. The van der Waals surface area contributed by atoms with Gasteiger partial charge in [-0.05, 0) is 56.4 Å². The van der Waals surface area contributed by atoms with Crippen LogP contribution in [0.4, 0.5) is 17.5 Å². The summed E-state index contributed by atoms with van der Waals surface area (Å²) in [6, 6.07) is 8.10. The van der Waals surface area contributed by atoms with Gasteiger partial charge in [-0.2, -0.15) is 4.98 Å². The zero-order chi connectivity index (χ0) is 22.1. The van der Waals surface area contributed by atoms with Gasteiger partial charge in [0.1, 0.15) is 10.7 Å². The van der Waals surface area contributed by atoms with Crippen LogP contribution in [-0.2, 0) is 17.2 Å². The van der Waals surface area contributed by atoms with Gasteiger partial charge in [-0.25, -0.2) is 4.98 Å². The minimum Gasteiger partial charge on any atom is -0.394 e. The fourth-order valence-electron chi connectivity index (χ4n) is 4.70. The average molecular weight is 452 g/mol. The van der Waals surface area contributed by atoms with Gasteiger partial charge in [0.2, 0.25) is 5.95 Å². The van der Waals surface area contributed by atoms with E-state index in [1.807, 2.05) is 12.1 Å². The molecule has 2 aromatic rings. The van der Waals surface area contributed by atoms with Gasteiger partial charge in [0.05, 0.1) is 28.6 Å². The Bertz CT molecular complexity index is 1050. The number of nitrogens with one attached hydrogen (secondary N) is 1. The lowest BCUT2D eigenvalue weighted by Gasteiger charge is -2.42. The van der Waals surface area contributed by atoms with Crippen molar-refractivity contribution in [1.29, 1.82) is 0 Å². The highest BCUT2D eigenvalue weighted by molar-refractivity contribution is 7.85. The molecule has 1 aliphatic carbocycles. The molecule has 1 saturated carbocycles. The topological polar surface area (TPSA) is 81.6 Å². The summed E-state index contributed by atoms with van der Waals surface area (Å²) in [5, 5.41) is 13.4. The van der Waals surface area contributed by atoms with Crippen LogP contribution in [0.1, 0.15) is 36.9 Å². The Morgan fingerprint density at radius 1 is 1.09 bits per heavy atom. The quantitative estimate of drug-likeness (QED) is 0.674. The molecule has 2 N–H and O–H groups in total. The van der Waals surface area contributed by atoms with Crippen LogP contribution in [-0.4, -0.2) is 63.4 Å². The minimum atomic E-state index is -1.10. The largest absolute Gasteiger partial charge is 0.394 e. The van der Waals surface area contributed by atoms with E-state index in [4.69, 9.17) is 16.4 Å². The summed E-state index contributed by atoms with van der Waals surface area (Å²) in [6.45, 7) is 3.41. The molecule has 3 aliphatic rings. The summed E-state index contributed by atoms with van der Waals surface area (Å²) >= 11 is 0. The first-order valence-electron chi connectivity index (χ1n) is 11.4. The van der Waals surface area contributed by atoms with Crippen molar-refractivity contribution in [2.45, 2.75) is 42.5 Å². The number of hydrogen-bond donors (Lipinski definition) is 2. The Hall–Kier alpha value is -2.63. The normalized spacial score (nSPS) is 21.9. The predicted molar refractivity (Wildman–Crippen MR) is 128 cm³/mol. The van der Waals surface area contributed by atoms with Gasteiger partial charge in [-0.15, -0.1) is 6.42 Å². The molecule has 0 bridgehead atoms. The van der Waals surface area contributed by atoms with Gasteiger partial charge in [0.15, 0.2) is 0 Å². The second kappa shape index (κ2) is 8.72. The number of aliphatic hydroxyl groups excluding tert-OH is 1. The first-order chi connectivity index (χ1) is 15.6. The third kappa shape index (κ3) is 3.96. The fourth-order valence-corrected chi connectivity index (χ4v) is 6.04. The smallest absolute Gasteiger partial charge is 0.227 e. The van der Waals surface area contributed by atoms with Crippen molar-refractivity contribution in [3.8, 4) is 12.3 Å². The van der Waals surface area contributed by atoms with E-state index in [-0.39, 0.29) is 12.1 Å². The Morgan fingerprint density at radius 3 is 2.44 bits per heavy atom. The molecule has 8 heteroatoms. The standard InChI is InChI=1S/C24H29N5O2S/c1-2-18-6-8-19(9-7-18)28-12-14-29(15-13-28)23-25-20-5-3-16-32(31)21(20)22(26-23)27-24(17-30)10-4-11-24/h1,6-9,30H,3-5,10-17H2,(H,25,26,27)/t32-/m0/s1. The maximum atomic E-state index is 12.8. The number of terminal acetylenes is 1. The van der Waals surface area contributed by atoms with Gasteiger partial charge in [0, 0.05) is 43.2 Å². The van der Waals surface area contributed by atoms with E-state index in [0.29, 0.717) is 17.5 Å². The molecule has 3 heterocycles. The molecule has 0 spiro atoms. The molecule has 0 amide bonds. The Labute approximate surface area is 191 Å². The molecule has 2 fully saturated rings. The van der Waals surface area contributed by atoms with E-state index in [1.165, 1.54) is 5.69 Å². The maximum absolute atomic E-state index is 12.8. The average Bonchev–Trinajstić information content (AvgIpc) is 2.81. The number of piperazine rings is 1. The Morgan fingerprint density at radius 2 is 1.81 bits per heavy atom. The molecule has 1 saturated heterocycles. The maximum Gasteiger partial charge on any atom is 0.227 e. The van der Waals surface area contributed by atoms with Crippen molar-refractivity contribution in [2.75, 3.05) is 53.7 Å². The third-order valence-corrected chi connectivity index (χ3v) is 8.40. The summed E-state index contributed by atoms with van der Waals surface area (Å²) in [6.07, 6.45) is 10.1. The minimum absolute atomic E-state index is 0.0604. The molecular formula is C24H29N5O2S. The first-order valence-corrected chi connectivity index (χ1v) is 12.7. The molecule has 0 unspecified atom stereocenters. The van der Waals surface area contributed by atoms with Crippen molar-refractivity contribution in [2.24, 2.45) is 0 Å². The van der Waals surface area contributed by atoms with E-state index in [2.05, 4.69) is 33.2 Å². The number of aromatic nitrogens is 2. The van der Waals surface area contributed by atoms with Crippen LogP contribution < -0.4 is 15.1 Å². The molecule has 168 valence electrons. The highest BCUT2D eigenvalue weighted by atomic mass is 32.2. The molecule has 7 nitrogen and oxygen atoms in total. The lowest BCUT2D eigenvalue weighted by molar-refractivity contribution is 0.143. The molecule has 1 aromatic carbocycles. The Balaban J connectivity index is 1.37. The number of anilines is 3. The summed E-state index contributed by atoms with van der Waals surface area (Å²) in [4.78, 5) is 15.0. The van der Waals surface area contributed by atoms with Crippen LogP contribution in [0.15, 0.2) is 29.2 Å². The van der Waals surface area contributed by atoms with Crippen LogP contribution in [0.5, 0.6) is 0 Å². The van der Waals surface area contributed by atoms with E-state index >= 15 is 0 Å². The molecule has 0 radical (unpaired) electrons.